The smallest absolute Gasteiger partial charge is 0.274 e. The Morgan fingerprint density at radius 1 is 0.857 bits per heavy atom. The van der Waals surface area contributed by atoms with E-state index in [-0.39, 0.29) is 5.91 Å². The molecule has 1 heterocycles. The topological polar surface area (TPSA) is 63.2 Å². The molecular weight excluding hydrogens is 350 g/mol. The summed E-state index contributed by atoms with van der Waals surface area (Å²) in [5.41, 5.74) is 9.18. The number of aromatic nitrogens is 1. The van der Waals surface area contributed by atoms with Crippen molar-refractivity contribution in [2.75, 3.05) is 12.5 Å². The highest BCUT2D eigenvalue weighted by molar-refractivity contribution is 6.10. The predicted molar refractivity (Wildman–Crippen MR) is 111 cm³/mol. The molecule has 0 radical (unpaired) electrons. The van der Waals surface area contributed by atoms with Crippen LogP contribution in [0.1, 0.15) is 10.4 Å². The molecule has 2 N–H and O–H groups in total. The molecule has 5 heteroatoms. The van der Waals surface area contributed by atoms with Crippen LogP contribution in [0, 0.1) is 0 Å². The van der Waals surface area contributed by atoms with E-state index in [2.05, 4.69) is 10.9 Å². The van der Waals surface area contributed by atoms with Crippen molar-refractivity contribution in [1.82, 2.24) is 10.4 Å². The van der Waals surface area contributed by atoms with Crippen molar-refractivity contribution in [1.29, 1.82) is 0 Å². The van der Waals surface area contributed by atoms with Crippen molar-refractivity contribution >= 4 is 22.5 Å². The first-order valence-corrected chi connectivity index (χ1v) is 8.91. The highest BCUT2D eigenvalue weighted by Gasteiger charge is 2.22. The number of rotatable bonds is 5. The lowest BCUT2D eigenvalue weighted by atomic mass is 10.0. The average Bonchev–Trinajstić information content (AvgIpc) is 2.77. The summed E-state index contributed by atoms with van der Waals surface area (Å²) in [6.45, 7) is 0. The molecular formula is C23H19N3O2. The second-order valence-corrected chi connectivity index (χ2v) is 6.20. The van der Waals surface area contributed by atoms with Crippen LogP contribution in [0.15, 0.2) is 84.9 Å². The molecule has 28 heavy (non-hydrogen) atoms. The molecule has 1 aromatic heterocycles. The maximum Gasteiger partial charge on any atom is 0.274 e. The van der Waals surface area contributed by atoms with Crippen molar-refractivity contribution in [2.45, 2.75) is 0 Å². The van der Waals surface area contributed by atoms with E-state index in [1.54, 1.807) is 7.11 Å². The van der Waals surface area contributed by atoms with Gasteiger partial charge < -0.3 is 4.74 Å². The molecule has 4 aromatic rings. The number of hydrogen-bond acceptors (Lipinski definition) is 4. The number of amides is 1. The van der Waals surface area contributed by atoms with E-state index < -0.39 is 0 Å². The van der Waals surface area contributed by atoms with Gasteiger partial charge in [-0.2, -0.15) is 0 Å². The van der Waals surface area contributed by atoms with Crippen LogP contribution in [0.2, 0.25) is 0 Å². The van der Waals surface area contributed by atoms with Gasteiger partial charge in [0.25, 0.3) is 5.91 Å². The van der Waals surface area contributed by atoms with Crippen LogP contribution >= 0.6 is 0 Å². The van der Waals surface area contributed by atoms with Crippen LogP contribution in [-0.4, -0.2) is 18.0 Å². The molecule has 0 aliphatic rings. The van der Waals surface area contributed by atoms with Gasteiger partial charge in [0, 0.05) is 10.9 Å². The summed E-state index contributed by atoms with van der Waals surface area (Å²) in [4.78, 5) is 17.9. The van der Waals surface area contributed by atoms with Crippen LogP contribution in [0.4, 0.5) is 5.69 Å². The Kier molecular flexibility index (Phi) is 4.89. The average molecular weight is 369 g/mol. The van der Waals surface area contributed by atoms with Gasteiger partial charge in [-0.15, -0.1) is 0 Å². The lowest BCUT2D eigenvalue weighted by Crippen LogP contribution is -2.30. The Morgan fingerprint density at radius 2 is 1.50 bits per heavy atom. The second-order valence-electron chi connectivity index (χ2n) is 6.20. The van der Waals surface area contributed by atoms with Gasteiger partial charge >= 0.3 is 0 Å². The maximum absolute atomic E-state index is 13.1. The summed E-state index contributed by atoms with van der Waals surface area (Å²) in [6.07, 6.45) is 0. The van der Waals surface area contributed by atoms with Crippen molar-refractivity contribution in [2.24, 2.45) is 0 Å². The van der Waals surface area contributed by atoms with Crippen LogP contribution in [0.25, 0.3) is 22.2 Å². The number of carbonyl (C=O) groups is 1. The number of para-hydroxylation sites is 2. The molecule has 1 amide bonds. The number of benzene rings is 3. The summed E-state index contributed by atoms with van der Waals surface area (Å²) in [6, 6.07) is 26.7. The van der Waals surface area contributed by atoms with Gasteiger partial charge in [-0.1, -0.05) is 66.7 Å². The van der Waals surface area contributed by atoms with Gasteiger partial charge in [-0.25, -0.2) is 4.98 Å². The minimum Gasteiger partial charge on any atom is -0.494 e. The van der Waals surface area contributed by atoms with Crippen molar-refractivity contribution in [3.8, 4) is 17.0 Å². The fourth-order valence-electron chi connectivity index (χ4n) is 3.12. The maximum atomic E-state index is 13.1. The van der Waals surface area contributed by atoms with E-state index in [9.17, 15) is 4.79 Å². The summed E-state index contributed by atoms with van der Waals surface area (Å²) >= 11 is 0. The number of ether oxygens (including phenoxy) is 1. The van der Waals surface area contributed by atoms with E-state index in [0.717, 1.165) is 22.2 Å². The third-order valence-electron chi connectivity index (χ3n) is 4.42. The molecule has 0 bridgehead atoms. The van der Waals surface area contributed by atoms with Gasteiger partial charge in [0.15, 0.2) is 5.75 Å². The standard InChI is InChI=1S/C23H19N3O2/c1-28-22-20(23(27)26-25-17-12-6-3-7-13-17)18-14-8-9-15-19(18)24-21(22)16-10-4-2-5-11-16/h2-15,25H,1H3,(H,26,27). The SMILES string of the molecule is COc1c(-c2ccccc2)nc2ccccc2c1C(=O)NNc1ccccc1. The van der Waals surface area contributed by atoms with Gasteiger partial charge in [0.2, 0.25) is 0 Å². The van der Waals surface area contributed by atoms with Crippen LogP contribution in [-0.2, 0) is 0 Å². The Balaban J connectivity index is 1.82. The van der Waals surface area contributed by atoms with Gasteiger partial charge in [0.1, 0.15) is 5.69 Å². The Labute approximate surface area is 163 Å². The first-order valence-electron chi connectivity index (χ1n) is 8.91. The molecule has 5 nitrogen and oxygen atoms in total. The number of hydrogen-bond donors (Lipinski definition) is 2. The number of methoxy groups -OCH3 is 1. The van der Waals surface area contributed by atoms with E-state index in [1.165, 1.54) is 0 Å². The van der Waals surface area contributed by atoms with Crippen LogP contribution < -0.4 is 15.6 Å². The second kappa shape index (κ2) is 7.80. The minimum absolute atomic E-state index is 0.295. The molecule has 0 saturated carbocycles. The fraction of sp³-hybridized carbons (Fsp3) is 0.0435. The summed E-state index contributed by atoms with van der Waals surface area (Å²) in [5, 5.41) is 0.728. The molecule has 0 aliphatic heterocycles. The first kappa shape index (κ1) is 17.5. The largest absolute Gasteiger partial charge is 0.494 e. The third kappa shape index (κ3) is 3.38. The molecule has 0 fully saturated rings. The predicted octanol–water partition coefficient (Wildman–Crippen LogP) is 4.67. The number of anilines is 1. The third-order valence-corrected chi connectivity index (χ3v) is 4.42. The number of nitrogens with zero attached hydrogens (tertiary/aromatic N) is 1. The molecule has 0 unspecified atom stereocenters. The zero-order chi connectivity index (χ0) is 19.3. The Bertz CT molecular complexity index is 1110. The zero-order valence-electron chi connectivity index (χ0n) is 15.3. The number of fused-ring (bicyclic) bond motifs is 1. The van der Waals surface area contributed by atoms with E-state index >= 15 is 0 Å². The minimum atomic E-state index is -0.295. The quantitative estimate of drug-likeness (QED) is 0.502. The molecule has 4 rings (SSSR count). The summed E-state index contributed by atoms with van der Waals surface area (Å²) < 4.78 is 5.66. The lowest BCUT2D eigenvalue weighted by Gasteiger charge is -2.16. The zero-order valence-corrected chi connectivity index (χ0v) is 15.3. The number of pyridine rings is 1. The number of carbonyl (C=O) groups excluding carboxylic acids is 1. The molecule has 3 aromatic carbocycles. The Hall–Kier alpha value is -3.86. The molecule has 138 valence electrons. The van der Waals surface area contributed by atoms with Gasteiger partial charge in [0.05, 0.1) is 23.9 Å². The van der Waals surface area contributed by atoms with Crippen molar-refractivity contribution in [3.63, 3.8) is 0 Å². The summed E-state index contributed by atoms with van der Waals surface area (Å²) in [7, 11) is 1.56. The number of nitrogens with one attached hydrogen (secondary N) is 2. The lowest BCUT2D eigenvalue weighted by molar-refractivity contribution is 0.0961. The van der Waals surface area contributed by atoms with Crippen molar-refractivity contribution < 1.29 is 9.53 Å². The molecule has 0 aliphatic carbocycles. The summed E-state index contributed by atoms with van der Waals surface area (Å²) in [5.74, 6) is 0.147. The Morgan fingerprint density at radius 3 is 2.21 bits per heavy atom. The fourth-order valence-corrected chi connectivity index (χ4v) is 3.12. The number of hydrazine groups is 1. The van der Waals surface area contributed by atoms with E-state index in [1.807, 2.05) is 84.9 Å². The van der Waals surface area contributed by atoms with E-state index in [4.69, 9.17) is 9.72 Å². The molecule has 0 atom stereocenters. The van der Waals surface area contributed by atoms with Crippen LogP contribution in [0.3, 0.4) is 0 Å². The molecule has 0 spiro atoms. The first-order chi connectivity index (χ1) is 13.8. The van der Waals surface area contributed by atoms with Crippen LogP contribution in [0.5, 0.6) is 5.75 Å². The van der Waals surface area contributed by atoms with Crippen molar-refractivity contribution in [3.05, 3.63) is 90.5 Å². The normalized spacial score (nSPS) is 10.5. The molecule has 0 saturated heterocycles. The van der Waals surface area contributed by atoms with Gasteiger partial charge in [-0.05, 0) is 18.2 Å². The van der Waals surface area contributed by atoms with Gasteiger partial charge in [-0.3, -0.25) is 15.6 Å². The monoisotopic (exact) mass is 369 g/mol. The highest BCUT2D eigenvalue weighted by atomic mass is 16.5. The van der Waals surface area contributed by atoms with E-state index in [0.29, 0.717) is 17.0 Å². The highest BCUT2D eigenvalue weighted by Crippen LogP contribution is 2.36.